The molecule has 0 spiro atoms. The predicted molar refractivity (Wildman–Crippen MR) is 85.7 cm³/mol. The number of halogens is 1. The van der Waals surface area contributed by atoms with Crippen LogP contribution in [-0.4, -0.2) is 18.9 Å². The Labute approximate surface area is 135 Å². The van der Waals surface area contributed by atoms with Gasteiger partial charge in [0.05, 0.1) is 7.11 Å². The van der Waals surface area contributed by atoms with Gasteiger partial charge in [-0.1, -0.05) is 42.0 Å². The van der Waals surface area contributed by atoms with Crippen LogP contribution in [0.3, 0.4) is 0 Å². The van der Waals surface area contributed by atoms with E-state index in [1.165, 1.54) is 19.2 Å². The number of carbonyl (C=O) groups excluding carboxylic acids is 2. The van der Waals surface area contributed by atoms with Gasteiger partial charge in [-0.05, 0) is 37.5 Å². The fourth-order valence-corrected chi connectivity index (χ4v) is 2.38. The second kappa shape index (κ2) is 7.68. The number of hydrogen-bond acceptors (Lipinski definition) is 3. The fraction of sp³-hybridized carbons (Fsp3) is 0.263. The smallest absolute Gasteiger partial charge is 0.316 e. The molecule has 2 rings (SSSR count). The Morgan fingerprint density at radius 1 is 1.04 bits per heavy atom. The summed E-state index contributed by atoms with van der Waals surface area (Å²) in [6, 6.07) is 13.1. The molecule has 0 fully saturated rings. The molecule has 0 bridgehead atoms. The molecule has 1 atom stereocenters. The standard InChI is InChI=1S/C19H19FO3/c1-13-3-8-15(9-4-13)18(21)17(19(22)23-2)12-7-14-5-10-16(20)11-6-14/h3-6,8-11,17H,7,12H2,1-2H3. The van der Waals surface area contributed by atoms with Gasteiger partial charge in [-0.15, -0.1) is 0 Å². The highest BCUT2D eigenvalue weighted by Crippen LogP contribution is 2.18. The lowest BCUT2D eigenvalue weighted by atomic mass is 9.91. The minimum Gasteiger partial charge on any atom is -0.468 e. The molecular formula is C19H19FO3. The summed E-state index contributed by atoms with van der Waals surface area (Å²) in [6.07, 6.45) is 0.822. The molecule has 2 aromatic carbocycles. The maximum absolute atomic E-state index is 12.9. The van der Waals surface area contributed by atoms with E-state index in [1.54, 1.807) is 24.3 Å². The first-order valence-electron chi connectivity index (χ1n) is 7.44. The van der Waals surface area contributed by atoms with Gasteiger partial charge in [-0.3, -0.25) is 9.59 Å². The van der Waals surface area contributed by atoms with Gasteiger partial charge in [0.15, 0.2) is 5.78 Å². The first-order valence-corrected chi connectivity index (χ1v) is 7.44. The summed E-state index contributed by atoms with van der Waals surface area (Å²) in [6.45, 7) is 1.93. The lowest BCUT2D eigenvalue weighted by molar-refractivity contribution is -0.143. The highest BCUT2D eigenvalue weighted by molar-refractivity contribution is 6.08. The van der Waals surface area contributed by atoms with Crippen LogP contribution in [0.5, 0.6) is 0 Å². The van der Waals surface area contributed by atoms with E-state index in [1.807, 2.05) is 19.1 Å². The molecular weight excluding hydrogens is 295 g/mol. The van der Waals surface area contributed by atoms with Crippen molar-refractivity contribution in [3.63, 3.8) is 0 Å². The van der Waals surface area contributed by atoms with Gasteiger partial charge in [-0.2, -0.15) is 0 Å². The molecule has 3 nitrogen and oxygen atoms in total. The van der Waals surface area contributed by atoms with Crippen molar-refractivity contribution in [3.05, 3.63) is 71.0 Å². The van der Waals surface area contributed by atoms with E-state index >= 15 is 0 Å². The van der Waals surface area contributed by atoms with Crippen LogP contribution in [0.15, 0.2) is 48.5 Å². The number of esters is 1. The molecule has 0 saturated carbocycles. The van der Waals surface area contributed by atoms with Crippen LogP contribution >= 0.6 is 0 Å². The maximum Gasteiger partial charge on any atom is 0.316 e. The van der Waals surface area contributed by atoms with E-state index < -0.39 is 11.9 Å². The highest BCUT2D eigenvalue weighted by atomic mass is 19.1. The monoisotopic (exact) mass is 314 g/mol. The Bertz CT molecular complexity index is 675. The first-order chi connectivity index (χ1) is 11.0. The third-order valence-corrected chi connectivity index (χ3v) is 3.77. The number of benzene rings is 2. The summed E-state index contributed by atoms with van der Waals surface area (Å²) in [4.78, 5) is 24.5. The van der Waals surface area contributed by atoms with Gasteiger partial charge in [0, 0.05) is 5.56 Å². The van der Waals surface area contributed by atoms with E-state index in [9.17, 15) is 14.0 Å². The van der Waals surface area contributed by atoms with Crippen LogP contribution < -0.4 is 0 Å². The summed E-state index contributed by atoms with van der Waals surface area (Å²) in [5.74, 6) is -1.96. The zero-order valence-electron chi connectivity index (χ0n) is 13.2. The van der Waals surface area contributed by atoms with Crippen molar-refractivity contribution in [2.24, 2.45) is 5.92 Å². The van der Waals surface area contributed by atoms with Gasteiger partial charge in [0.1, 0.15) is 11.7 Å². The fourth-order valence-electron chi connectivity index (χ4n) is 2.38. The van der Waals surface area contributed by atoms with Crippen LogP contribution in [0, 0.1) is 18.7 Å². The van der Waals surface area contributed by atoms with Gasteiger partial charge >= 0.3 is 5.97 Å². The number of ketones is 1. The largest absolute Gasteiger partial charge is 0.468 e. The Morgan fingerprint density at radius 3 is 2.22 bits per heavy atom. The Balaban J connectivity index is 2.13. The topological polar surface area (TPSA) is 43.4 Å². The molecule has 2 aromatic rings. The van der Waals surface area contributed by atoms with Crippen molar-refractivity contribution in [2.45, 2.75) is 19.8 Å². The normalized spacial score (nSPS) is 11.8. The molecule has 0 N–H and O–H groups in total. The molecule has 23 heavy (non-hydrogen) atoms. The number of carbonyl (C=O) groups is 2. The van der Waals surface area contributed by atoms with Crippen molar-refractivity contribution < 1.29 is 18.7 Å². The molecule has 0 amide bonds. The molecule has 0 heterocycles. The summed E-state index contributed by atoms with van der Waals surface area (Å²) >= 11 is 0. The summed E-state index contributed by atoms with van der Waals surface area (Å²) < 4.78 is 17.7. The van der Waals surface area contributed by atoms with Crippen molar-refractivity contribution in [1.82, 2.24) is 0 Å². The van der Waals surface area contributed by atoms with Crippen LogP contribution in [0.1, 0.15) is 27.9 Å². The average Bonchev–Trinajstić information content (AvgIpc) is 2.56. The van der Waals surface area contributed by atoms with Crippen molar-refractivity contribution in [3.8, 4) is 0 Å². The minimum atomic E-state index is -0.854. The van der Waals surface area contributed by atoms with Crippen molar-refractivity contribution >= 4 is 11.8 Å². The minimum absolute atomic E-state index is 0.251. The van der Waals surface area contributed by atoms with Crippen molar-refractivity contribution in [1.29, 1.82) is 0 Å². The highest BCUT2D eigenvalue weighted by Gasteiger charge is 2.28. The summed E-state index contributed by atoms with van der Waals surface area (Å²) in [5, 5.41) is 0. The van der Waals surface area contributed by atoms with Gasteiger partial charge in [0.2, 0.25) is 0 Å². The van der Waals surface area contributed by atoms with E-state index in [0.29, 0.717) is 18.4 Å². The Kier molecular flexibility index (Phi) is 5.63. The molecule has 0 aromatic heterocycles. The van der Waals surface area contributed by atoms with Crippen LogP contribution in [0.4, 0.5) is 4.39 Å². The van der Waals surface area contributed by atoms with E-state index in [4.69, 9.17) is 4.74 Å². The van der Waals surface area contributed by atoms with Crippen LogP contribution in [0.2, 0.25) is 0 Å². The number of methoxy groups -OCH3 is 1. The Morgan fingerprint density at radius 2 is 1.65 bits per heavy atom. The van der Waals surface area contributed by atoms with Crippen molar-refractivity contribution in [2.75, 3.05) is 7.11 Å². The number of hydrogen-bond donors (Lipinski definition) is 0. The van der Waals surface area contributed by atoms with Crippen LogP contribution in [-0.2, 0) is 16.0 Å². The maximum atomic E-state index is 12.9. The van der Waals surface area contributed by atoms with E-state index in [0.717, 1.165) is 11.1 Å². The Hall–Kier alpha value is -2.49. The molecule has 1 unspecified atom stereocenters. The molecule has 0 aliphatic carbocycles. The lowest BCUT2D eigenvalue weighted by Gasteiger charge is -2.14. The second-order valence-corrected chi connectivity index (χ2v) is 5.47. The summed E-state index contributed by atoms with van der Waals surface area (Å²) in [7, 11) is 1.27. The first kappa shape index (κ1) is 16.9. The second-order valence-electron chi connectivity index (χ2n) is 5.47. The van der Waals surface area contributed by atoms with Gasteiger partial charge < -0.3 is 4.74 Å². The number of ether oxygens (including phenoxy) is 1. The molecule has 0 radical (unpaired) electrons. The zero-order valence-corrected chi connectivity index (χ0v) is 13.2. The quantitative estimate of drug-likeness (QED) is 0.463. The van der Waals surface area contributed by atoms with Gasteiger partial charge in [-0.25, -0.2) is 4.39 Å². The molecule has 0 saturated heterocycles. The average molecular weight is 314 g/mol. The van der Waals surface area contributed by atoms with Crippen LogP contribution in [0.25, 0.3) is 0 Å². The van der Waals surface area contributed by atoms with E-state index in [-0.39, 0.29) is 11.6 Å². The SMILES string of the molecule is COC(=O)C(CCc1ccc(F)cc1)C(=O)c1ccc(C)cc1. The lowest BCUT2D eigenvalue weighted by Crippen LogP contribution is -2.26. The zero-order chi connectivity index (χ0) is 16.8. The third-order valence-electron chi connectivity index (χ3n) is 3.77. The number of Topliss-reactive ketones (excluding diaryl/α,β-unsaturated/α-hetero) is 1. The third kappa shape index (κ3) is 4.49. The van der Waals surface area contributed by atoms with E-state index in [2.05, 4.69) is 0 Å². The summed E-state index contributed by atoms with van der Waals surface area (Å²) in [5.41, 5.74) is 2.41. The van der Waals surface area contributed by atoms with Gasteiger partial charge in [0.25, 0.3) is 0 Å². The molecule has 0 aliphatic rings. The molecule has 4 heteroatoms. The number of aryl methyl sites for hydroxylation is 2. The number of rotatable bonds is 6. The predicted octanol–water partition coefficient (Wildman–Crippen LogP) is 3.74. The molecule has 0 aliphatic heterocycles. The molecule has 120 valence electrons.